The minimum atomic E-state index is -0.0524. The molecule has 0 unspecified atom stereocenters. The summed E-state index contributed by atoms with van der Waals surface area (Å²) in [4.78, 5) is 22.7. The molecule has 2 N–H and O–H groups in total. The molecule has 0 atom stereocenters. The van der Waals surface area contributed by atoms with E-state index in [2.05, 4.69) is 10.6 Å². The van der Waals surface area contributed by atoms with Crippen molar-refractivity contribution in [3.63, 3.8) is 0 Å². The van der Waals surface area contributed by atoms with Crippen molar-refractivity contribution in [3.05, 3.63) is 23.3 Å². The van der Waals surface area contributed by atoms with Gasteiger partial charge in [-0.2, -0.15) is 0 Å². The highest BCUT2D eigenvalue weighted by atomic mass is 16.2. The minimum Gasteiger partial charge on any atom is -0.352 e. The molecule has 96 valence electrons. The van der Waals surface area contributed by atoms with Crippen molar-refractivity contribution in [2.75, 3.05) is 13.1 Å². The molecule has 0 radical (unpaired) electrons. The molecule has 0 heterocycles. The third-order valence-corrected chi connectivity index (χ3v) is 2.51. The van der Waals surface area contributed by atoms with Gasteiger partial charge >= 0.3 is 0 Å². The number of carbonyl (C=O) groups is 2. The fourth-order valence-corrected chi connectivity index (χ4v) is 1.03. The average molecular weight is 238 g/mol. The first-order valence-electron chi connectivity index (χ1n) is 5.85. The molecular weight excluding hydrogens is 216 g/mol. The highest BCUT2D eigenvalue weighted by Gasteiger charge is 2.03. The third-order valence-electron chi connectivity index (χ3n) is 2.51. The highest BCUT2D eigenvalue weighted by molar-refractivity contribution is 5.93. The van der Waals surface area contributed by atoms with Crippen molar-refractivity contribution < 1.29 is 9.59 Å². The van der Waals surface area contributed by atoms with E-state index in [1.54, 1.807) is 26.0 Å². The van der Waals surface area contributed by atoms with Gasteiger partial charge in [0.1, 0.15) is 0 Å². The predicted molar refractivity (Wildman–Crippen MR) is 69.5 cm³/mol. The fraction of sp³-hybridized carbons (Fsp3) is 0.538. The lowest BCUT2D eigenvalue weighted by Gasteiger charge is -2.06. The Morgan fingerprint density at radius 3 is 1.53 bits per heavy atom. The third kappa shape index (κ3) is 6.56. The molecule has 0 rings (SSSR count). The second-order valence-electron chi connectivity index (χ2n) is 3.81. The molecule has 0 saturated carbocycles. The molecule has 17 heavy (non-hydrogen) atoms. The summed E-state index contributed by atoms with van der Waals surface area (Å²) in [6.07, 6.45) is 4.27. The van der Waals surface area contributed by atoms with Crippen LogP contribution in [0.5, 0.6) is 0 Å². The molecule has 0 spiro atoms. The summed E-state index contributed by atoms with van der Waals surface area (Å²) >= 11 is 0. The number of nitrogens with one attached hydrogen (secondary N) is 2. The standard InChI is InChI=1S/C13H22N2O2/c1-5-10(3)12(16)14-8-7-9-15-13(17)11(4)6-2/h5-6H,7-9H2,1-4H3,(H,14,16)(H,15,17)/b10-5-,11-6-. The molecule has 0 bridgehead atoms. The van der Waals surface area contributed by atoms with Gasteiger partial charge in [-0.1, -0.05) is 12.2 Å². The Hall–Kier alpha value is -1.58. The van der Waals surface area contributed by atoms with E-state index in [0.29, 0.717) is 24.2 Å². The van der Waals surface area contributed by atoms with E-state index in [0.717, 1.165) is 6.42 Å². The molecule has 0 aliphatic rings. The largest absolute Gasteiger partial charge is 0.352 e. The van der Waals surface area contributed by atoms with Crippen LogP contribution in [0.4, 0.5) is 0 Å². The maximum Gasteiger partial charge on any atom is 0.246 e. The van der Waals surface area contributed by atoms with E-state index in [4.69, 9.17) is 0 Å². The molecule has 4 heteroatoms. The minimum absolute atomic E-state index is 0.0524. The Kier molecular flexibility index (Phi) is 7.76. The Morgan fingerprint density at radius 1 is 0.882 bits per heavy atom. The van der Waals surface area contributed by atoms with Crippen LogP contribution in [0.1, 0.15) is 34.1 Å². The quantitative estimate of drug-likeness (QED) is 0.545. The highest BCUT2D eigenvalue weighted by Crippen LogP contribution is 1.92. The van der Waals surface area contributed by atoms with Crippen LogP contribution in [0.15, 0.2) is 23.3 Å². The van der Waals surface area contributed by atoms with Crippen molar-refractivity contribution in [3.8, 4) is 0 Å². The van der Waals surface area contributed by atoms with Crippen LogP contribution in [0, 0.1) is 0 Å². The summed E-state index contributed by atoms with van der Waals surface area (Å²) in [5.41, 5.74) is 1.41. The molecule has 0 aromatic carbocycles. The maximum absolute atomic E-state index is 11.3. The lowest BCUT2D eigenvalue weighted by atomic mass is 10.2. The van der Waals surface area contributed by atoms with Gasteiger partial charge in [0.05, 0.1) is 0 Å². The molecule has 2 amide bonds. The van der Waals surface area contributed by atoms with Crippen LogP contribution in [0.2, 0.25) is 0 Å². The molecule has 4 nitrogen and oxygen atoms in total. The molecule has 0 fully saturated rings. The summed E-state index contributed by atoms with van der Waals surface area (Å²) in [7, 11) is 0. The first-order chi connectivity index (χ1) is 8.02. The number of allylic oxidation sites excluding steroid dienone is 2. The summed E-state index contributed by atoms with van der Waals surface area (Å²) in [6, 6.07) is 0. The Bertz CT molecular complexity index is 298. The number of hydrogen-bond acceptors (Lipinski definition) is 2. The Morgan fingerprint density at radius 2 is 1.24 bits per heavy atom. The van der Waals surface area contributed by atoms with Gasteiger partial charge < -0.3 is 10.6 Å². The number of hydrogen-bond donors (Lipinski definition) is 2. The van der Waals surface area contributed by atoms with Crippen molar-refractivity contribution in [1.29, 1.82) is 0 Å². The van der Waals surface area contributed by atoms with E-state index in [9.17, 15) is 9.59 Å². The van der Waals surface area contributed by atoms with Crippen LogP contribution < -0.4 is 10.6 Å². The average Bonchev–Trinajstić information content (AvgIpc) is 2.35. The Balaban J connectivity index is 3.67. The molecule has 0 aliphatic carbocycles. The van der Waals surface area contributed by atoms with E-state index in [-0.39, 0.29) is 11.8 Å². The van der Waals surface area contributed by atoms with Gasteiger partial charge in [0, 0.05) is 24.2 Å². The molecule has 0 aromatic rings. The van der Waals surface area contributed by atoms with Crippen LogP contribution >= 0.6 is 0 Å². The van der Waals surface area contributed by atoms with E-state index >= 15 is 0 Å². The van der Waals surface area contributed by atoms with Crippen molar-refractivity contribution in [2.24, 2.45) is 0 Å². The molecule has 0 saturated heterocycles. The zero-order valence-electron chi connectivity index (χ0n) is 11.1. The fourth-order valence-electron chi connectivity index (χ4n) is 1.03. The van der Waals surface area contributed by atoms with Gasteiger partial charge in [-0.15, -0.1) is 0 Å². The van der Waals surface area contributed by atoms with Crippen LogP contribution in [0.25, 0.3) is 0 Å². The van der Waals surface area contributed by atoms with Crippen LogP contribution in [-0.2, 0) is 9.59 Å². The number of rotatable bonds is 6. The van der Waals surface area contributed by atoms with Crippen molar-refractivity contribution in [2.45, 2.75) is 34.1 Å². The van der Waals surface area contributed by atoms with Crippen molar-refractivity contribution >= 4 is 11.8 Å². The van der Waals surface area contributed by atoms with E-state index < -0.39 is 0 Å². The monoisotopic (exact) mass is 238 g/mol. The zero-order valence-corrected chi connectivity index (χ0v) is 11.1. The van der Waals surface area contributed by atoms with Gasteiger partial charge in [-0.25, -0.2) is 0 Å². The topological polar surface area (TPSA) is 58.2 Å². The zero-order chi connectivity index (χ0) is 13.3. The second-order valence-corrected chi connectivity index (χ2v) is 3.81. The second kappa shape index (κ2) is 8.56. The first kappa shape index (κ1) is 15.4. The normalized spacial score (nSPS) is 12.2. The number of carbonyl (C=O) groups excluding carboxylic acids is 2. The molecule has 0 aromatic heterocycles. The lowest BCUT2D eigenvalue weighted by molar-refractivity contribution is -0.117. The summed E-state index contributed by atoms with van der Waals surface area (Å²) < 4.78 is 0. The Labute approximate surface area is 103 Å². The SMILES string of the molecule is C/C=C(/C)C(=O)NCCCNC(=O)/C(C)=C\C. The number of amides is 2. The van der Waals surface area contributed by atoms with Crippen LogP contribution in [0.3, 0.4) is 0 Å². The summed E-state index contributed by atoms with van der Waals surface area (Å²) in [6.45, 7) is 8.33. The van der Waals surface area contributed by atoms with E-state index in [1.807, 2.05) is 13.8 Å². The summed E-state index contributed by atoms with van der Waals surface area (Å²) in [5, 5.41) is 5.55. The molecule has 0 aliphatic heterocycles. The lowest BCUT2D eigenvalue weighted by Crippen LogP contribution is -2.30. The smallest absolute Gasteiger partial charge is 0.246 e. The van der Waals surface area contributed by atoms with E-state index in [1.165, 1.54) is 0 Å². The van der Waals surface area contributed by atoms with Gasteiger partial charge in [-0.05, 0) is 34.1 Å². The predicted octanol–water partition coefficient (Wildman–Crippen LogP) is 1.54. The first-order valence-corrected chi connectivity index (χ1v) is 5.85. The van der Waals surface area contributed by atoms with Gasteiger partial charge in [0.15, 0.2) is 0 Å². The summed E-state index contributed by atoms with van der Waals surface area (Å²) in [5.74, 6) is -0.105. The maximum atomic E-state index is 11.3. The van der Waals surface area contributed by atoms with Gasteiger partial charge in [-0.3, -0.25) is 9.59 Å². The van der Waals surface area contributed by atoms with Gasteiger partial charge in [0.2, 0.25) is 11.8 Å². The van der Waals surface area contributed by atoms with Crippen LogP contribution in [-0.4, -0.2) is 24.9 Å². The van der Waals surface area contributed by atoms with Gasteiger partial charge in [0.25, 0.3) is 0 Å². The van der Waals surface area contributed by atoms with Crippen molar-refractivity contribution in [1.82, 2.24) is 10.6 Å². The molecular formula is C13H22N2O2.